The Morgan fingerprint density at radius 2 is 1.50 bits per heavy atom. The second kappa shape index (κ2) is 9.54. The summed E-state index contributed by atoms with van der Waals surface area (Å²) in [4.78, 5) is 31.9. The predicted molar refractivity (Wildman–Crippen MR) is 122 cm³/mol. The number of aryl methyl sites for hydroxylation is 1. The molecule has 1 aromatic heterocycles. The van der Waals surface area contributed by atoms with Crippen LogP contribution in [0.2, 0.25) is 0 Å². The zero-order valence-corrected chi connectivity index (χ0v) is 18.9. The van der Waals surface area contributed by atoms with Crippen LogP contribution in [0.3, 0.4) is 0 Å². The Bertz CT molecular complexity index is 1190. The lowest BCUT2D eigenvalue weighted by atomic mass is 9.96. The van der Waals surface area contributed by atoms with Crippen LogP contribution in [0, 0.1) is 6.92 Å². The molecule has 3 aromatic rings. The van der Waals surface area contributed by atoms with E-state index in [0.29, 0.717) is 10.9 Å². The number of hydrogen-bond acceptors (Lipinski definition) is 5. The highest BCUT2D eigenvalue weighted by molar-refractivity contribution is 5.89. The van der Waals surface area contributed by atoms with Gasteiger partial charge in [-0.2, -0.15) is 13.2 Å². The van der Waals surface area contributed by atoms with Crippen molar-refractivity contribution in [1.29, 1.82) is 0 Å². The number of anilines is 2. The molecule has 0 aliphatic carbocycles. The van der Waals surface area contributed by atoms with Gasteiger partial charge in [-0.05, 0) is 55.7 Å². The van der Waals surface area contributed by atoms with Crippen molar-refractivity contribution in [2.45, 2.75) is 45.5 Å². The lowest BCUT2D eigenvalue weighted by molar-refractivity contribution is -0.154. The van der Waals surface area contributed by atoms with Gasteiger partial charge in [0.25, 0.3) is 0 Å². The van der Waals surface area contributed by atoms with Crippen molar-refractivity contribution in [3.05, 3.63) is 59.9 Å². The van der Waals surface area contributed by atoms with Gasteiger partial charge in [0, 0.05) is 0 Å². The van der Waals surface area contributed by atoms with E-state index in [1.165, 1.54) is 6.07 Å². The lowest BCUT2D eigenvalue weighted by Crippen LogP contribution is -2.40. The number of halogens is 3. The summed E-state index contributed by atoms with van der Waals surface area (Å²) >= 11 is 0. The highest BCUT2D eigenvalue weighted by Gasteiger charge is 2.42. The number of alkyl halides is 3. The number of hydrogen-bond donors (Lipinski definition) is 3. The Kier molecular flexibility index (Phi) is 6.94. The maximum Gasteiger partial charge on any atom is 0.413 e. The van der Waals surface area contributed by atoms with E-state index in [2.05, 4.69) is 20.6 Å². The summed E-state index contributed by atoms with van der Waals surface area (Å²) in [6.07, 6.45) is -3.26. The molecule has 11 heteroatoms. The Balaban J connectivity index is 1.72. The first-order chi connectivity index (χ1) is 15.8. The highest BCUT2D eigenvalue weighted by atomic mass is 19.4. The number of benzene rings is 2. The molecule has 2 aromatic carbocycles. The van der Waals surface area contributed by atoms with Gasteiger partial charge in [-0.3, -0.25) is 10.6 Å². The molecule has 0 spiro atoms. The van der Waals surface area contributed by atoms with Gasteiger partial charge in [0.2, 0.25) is 0 Å². The normalized spacial score (nSPS) is 12.7. The fraction of sp³-hybridized carbons (Fsp3) is 0.304. The van der Waals surface area contributed by atoms with Crippen molar-refractivity contribution in [3.8, 4) is 0 Å². The average Bonchev–Trinajstić information content (AvgIpc) is 2.71. The predicted octanol–water partition coefficient (Wildman–Crippen LogP) is 5.71. The Labute approximate surface area is 193 Å². The van der Waals surface area contributed by atoms with E-state index in [0.717, 1.165) is 17.8 Å². The van der Waals surface area contributed by atoms with Gasteiger partial charge in [0.05, 0.1) is 12.4 Å². The summed E-state index contributed by atoms with van der Waals surface area (Å²) in [6, 6.07) is 6.73. The van der Waals surface area contributed by atoms with Crippen LogP contribution in [0.4, 0.5) is 34.4 Å². The first-order valence-electron chi connectivity index (χ1n) is 10.3. The Hall–Kier alpha value is -3.89. The Morgan fingerprint density at radius 3 is 2.03 bits per heavy atom. The van der Waals surface area contributed by atoms with Crippen LogP contribution in [0.1, 0.15) is 37.9 Å². The van der Waals surface area contributed by atoms with Crippen LogP contribution in [-0.4, -0.2) is 33.9 Å². The van der Waals surface area contributed by atoms with Crippen molar-refractivity contribution in [1.82, 2.24) is 15.3 Å². The van der Waals surface area contributed by atoms with E-state index in [4.69, 9.17) is 4.74 Å². The van der Waals surface area contributed by atoms with Gasteiger partial charge in [-0.1, -0.05) is 30.3 Å². The first kappa shape index (κ1) is 24.7. The monoisotopic (exact) mass is 475 g/mol. The quantitative estimate of drug-likeness (QED) is 0.448. The lowest BCUT2D eigenvalue weighted by Gasteiger charge is -2.24. The van der Waals surface area contributed by atoms with Crippen LogP contribution >= 0.6 is 0 Å². The van der Waals surface area contributed by atoms with Gasteiger partial charge < -0.3 is 10.1 Å². The van der Waals surface area contributed by atoms with Crippen molar-refractivity contribution in [2.75, 3.05) is 10.6 Å². The van der Waals surface area contributed by atoms with Gasteiger partial charge in [-0.25, -0.2) is 19.6 Å². The molecule has 34 heavy (non-hydrogen) atoms. The van der Waals surface area contributed by atoms with Crippen LogP contribution < -0.4 is 16.0 Å². The number of nitrogens with zero attached hydrogens (tertiary/aromatic N) is 2. The van der Waals surface area contributed by atoms with Crippen LogP contribution in [0.25, 0.3) is 10.8 Å². The number of carbonyl (C=O) groups is 2. The zero-order chi connectivity index (χ0) is 25.1. The molecule has 0 aliphatic rings. The minimum atomic E-state index is -4.74. The molecule has 3 amide bonds. The van der Waals surface area contributed by atoms with E-state index in [-0.39, 0.29) is 17.2 Å². The van der Waals surface area contributed by atoms with Crippen LogP contribution in [0.15, 0.2) is 48.8 Å². The van der Waals surface area contributed by atoms with Crippen molar-refractivity contribution in [2.24, 2.45) is 0 Å². The molecule has 0 saturated carbocycles. The molecule has 3 rings (SSSR count). The minimum absolute atomic E-state index is 0.0418. The van der Waals surface area contributed by atoms with Gasteiger partial charge >= 0.3 is 18.3 Å². The Morgan fingerprint density at radius 1 is 0.941 bits per heavy atom. The van der Waals surface area contributed by atoms with Gasteiger partial charge in [0.15, 0.2) is 17.7 Å². The number of nitrogens with one attached hydrogen (secondary N) is 3. The molecule has 0 bridgehead atoms. The van der Waals surface area contributed by atoms with E-state index in [9.17, 15) is 22.8 Å². The third kappa shape index (κ3) is 6.56. The number of ether oxygens (including phenoxy) is 1. The highest BCUT2D eigenvalue weighted by Crippen LogP contribution is 2.36. The number of fused-ring (bicyclic) bond motifs is 1. The molecule has 0 fully saturated rings. The summed E-state index contributed by atoms with van der Waals surface area (Å²) in [5.41, 5.74) is -0.391. The number of amides is 3. The topological polar surface area (TPSA) is 105 Å². The second-order valence-corrected chi connectivity index (χ2v) is 8.54. The molecule has 0 aliphatic heterocycles. The SMILES string of the molecule is Cc1cc2ccccc2cc1C(NC(=O)Nc1cnc(NC(=O)OC(C)(C)C)cn1)C(F)(F)F. The third-order valence-corrected chi connectivity index (χ3v) is 4.57. The van der Waals surface area contributed by atoms with Crippen LogP contribution in [-0.2, 0) is 4.74 Å². The fourth-order valence-electron chi connectivity index (χ4n) is 3.17. The molecule has 1 atom stereocenters. The molecule has 1 unspecified atom stereocenters. The fourth-order valence-corrected chi connectivity index (χ4v) is 3.17. The minimum Gasteiger partial charge on any atom is -0.444 e. The van der Waals surface area contributed by atoms with Crippen LogP contribution in [0.5, 0.6) is 0 Å². The summed E-state index contributed by atoms with van der Waals surface area (Å²) in [6.45, 7) is 6.63. The van der Waals surface area contributed by atoms with E-state index in [1.807, 2.05) is 5.32 Å². The largest absolute Gasteiger partial charge is 0.444 e. The smallest absolute Gasteiger partial charge is 0.413 e. The van der Waals surface area contributed by atoms with Crippen molar-refractivity contribution < 1.29 is 27.5 Å². The van der Waals surface area contributed by atoms with Gasteiger partial charge in [0.1, 0.15) is 5.60 Å². The van der Waals surface area contributed by atoms with E-state index < -0.39 is 29.9 Å². The first-order valence-corrected chi connectivity index (χ1v) is 10.3. The summed E-state index contributed by atoms with van der Waals surface area (Å²) < 4.78 is 46.6. The molecule has 3 N–H and O–H groups in total. The summed E-state index contributed by atoms with van der Waals surface area (Å²) in [5, 5.41) is 7.97. The molecule has 8 nitrogen and oxygen atoms in total. The maximum atomic E-state index is 13.9. The van der Waals surface area contributed by atoms with Crippen molar-refractivity contribution >= 4 is 34.5 Å². The van der Waals surface area contributed by atoms with Gasteiger partial charge in [-0.15, -0.1) is 0 Å². The zero-order valence-electron chi connectivity index (χ0n) is 18.9. The second-order valence-electron chi connectivity index (χ2n) is 8.54. The maximum absolute atomic E-state index is 13.9. The molecule has 1 heterocycles. The molecule has 180 valence electrons. The molecule has 0 radical (unpaired) electrons. The standard InChI is InChI=1S/C23H24F3N5O3/c1-13-9-14-7-5-6-8-15(14)10-16(13)19(23(24,25)26)31-20(32)29-17-11-28-18(12-27-17)30-21(33)34-22(2,3)4/h5-12,19H,1-4H3,(H,28,30,33)(H2,27,29,31,32). The summed E-state index contributed by atoms with van der Waals surface area (Å²) in [5.74, 6) is -0.0661. The van der Waals surface area contributed by atoms with Crippen molar-refractivity contribution in [3.63, 3.8) is 0 Å². The average molecular weight is 475 g/mol. The number of urea groups is 1. The summed E-state index contributed by atoms with van der Waals surface area (Å²) in [7, 11) is 0. The number of carbonyl (C=O) groups excluding carboxylic acids is 2. The molecular formula is C23H24F3N5O3. The van der Waals surface area contributed by atoms with E-state index >= 15 is 0 Å². The van der Waals surface area contributed by atoms with E-state index in [1.54, 1.807) is 58.0 Å². The molecular weight excluding hydrogens is 451 g/mol. The third-order valence-electron chi connectivity index (χ3n) is 4.57. The molecule has 0 saturated heterocycles. The number of aromatic nitrogens is 2. The number of rotatable bonds is 4.